The lowest BCUT2D eigenvalue weighted by atomic mass is 10.0. The van der Waals surface area contributed by atoms with E-state index in [9.17, 15) is 9.59 Å². The summed E-state index contributed by atoms with van der Waals surface area (Å²) in [6.07, 6.45) is 0.881. The first-order valence-electron chi connectivity index (χ1n) is 12.5. The lowest BCUT2D eigenvalue weighted by Gasteiger charge is -2.35. The highest BCUT2D eigenvalue weighted by atomic mass is 32.1. The molecule has 2 aromatic heterocycles. The van der Waals surface area contributed by atoms with Gasteiger partial charge in [-0.05, 0) is 35.7 Å². The lowest BCUT2D eigenvalue weighted by Crippen LogP contribution is -2.49. The molecule has 0 saturated carbocycles. The van der Waals surface area contributed by atoms with Crippen molar-refractivity contribution in [3.8, 4) is 11.1 Å². The smallest absolute Gasteiger partial charge is 0.253 e. The van der Waals surface area contributed by atoms with Crippen molar-refractivity contribution in [3.63, 3.8) is 0 Å². The van der Waals surface area contributed by atoms with Gasteiger partial charge in [0.1, 0.15) is 10.6 Å². The number of hydrogen-bond donors (Lipinski definition) is 2. The number of thiophene rings is 1. The van der Waals surface area contributed by atoms with Gasteiger partial charge in [0.05, 0.1) is 18.4 Å². The summed E-state index contributed by atoms with van der Waals surface area (Å²) in [5.74, 6) is 0.698. The molecule has 0 bridgehead atoms. The van der Waals surface area contributed by atoms with Crippen LogP contribution in [0.3, 0.4) is 0 Å². The highest BCUT2D eigenvalue weighted by Crippen LogP contribution is 2.33. The number of nitrogens with zero attached hydrogens (tertiary/aromatic N) is 4. The summed E-state index contributed by atoms with van der Waals surface area (Å²) < 4.78 is 0. The van der Waals surface area contributed by atoms with Crippen LogP contribution >= 0.6 is 11.3 Å². The first kappa shape index (κ1) is 24.9. The van der Waals surface area contributed by atoms with E-state index < -0.39 is 0 Å². The summed E-state index contributed by atoms with van der Waals surface area (Å²) in [4.78, 5) is 40.5. The molecule has 37 heavy (non-hydrogen) atoms. The first-order chi connectivity index (χ1) is 18.1. The predicted molar refractivity (Wildman–Crippen MR) is 147 cm³/mol. The molecule has 5 rings (SSSR count). The Bertz CT molecular complexity index is 1400. The van der Waals surface area contributed by atoms with Gasteiger partial charge in [0.2, 0.25) is 11.9 Å². The van der Waals surface area contributed by atoms with Gasteiger partial charge in [0, 0.05) is 36.6 Å². The minimum absolute atomic E-state index is 0.00546. The van der Waals surface area contributed by atoms with E-state index in [2.05, 4.69) is 45.3 Å². The fraction of sp³-hybridized carbons (Fsp3) is 0.286. The molecule has 8 nitrogen and oxygen atoms in total. The summed E-state index contributed by atoms with van der Waals surface area (Å²) >= 11 is 1.59. The summed E-state index contributed by atoms with van der Waals surface area (Å²) in [6.45, 7) is 4.26. The van der Waals surface area contributed by atoms with Crippen LogP contribution in [0, 0.1) is 0 Å². The van der Waals surface area contributed by atoms with E-state index in [0.717, 1.165) is 33.6 Å². The Morgan fingerprint density at radius 1 is 0.973 bits per heavy atom. The number of aryl methyl sites for hydroxylation is 1. The molecule has 2 aromatic carbocycles. The largest absolute Gasteiger partial charge is 0.396 e. The predicted octanol–water partition coefficient (Wildman–Crippen LogP) is 4.20. The fourth-order valence-electron chi connectivity index (χ4n) is 4.46. The average molecular weight is 516 g/mol. The Kier molecular flexibility index (Phi) is 7.43. The van der Waals surface area contributed by atoms with Gasteiger partial charge < -0.3 is 14.9 Å². The highest BCUT2D eigenvalue weighted by molar-refractivity contribution is 7.18. The zero-order valence-corrected chi connectivity index (χ0v) is 21.5. The second kappa shape index (κ2) is 11.1. The van der Waals surface area contributed by atoms with Crippen molar-refractivity contribution in [1.82, 2.24) is 14.9 Å². The van der Waals surface area contributed by atoms with Gasteiger partial charge >= 0.3 is 0 Å². The maximum absolute atomic E-state index is 13.2. The molecular weight excluding hydrogens is 486 g/mol. The van der Waals surface area contributed by atoms with Crippen molar-refractivity contribution < 1.29 is 14.7 Å². The van der Waals surface area contributed by atoms with Crippen LogP contribution in [0.1, 0.15) is 28.6 Å². The molecule has 1 saturated heterocycles. The van der Waals surface area contributed by atoms with Crippen molar-refractivity contribution in [2.24, 2.45) is 0 Å². The molecule has 1 aliphatic heterocycles. The Morgan fingerprint density at radius 3 is 2.35 bits per heavy atom. The number of aliphatic hydroxyl groups excluding tert-OH is 1. The number of benzene rings is 2. The van der Waals surface area contributed by atoms with Crippen molar-refractivity contribution in [1.29, 1.82) is 0 Å². The molecule has 0 atom stereocenters. The SMILES string of the molecule is CCc1cc2c(N3CCN(C(=O)c4ccc(-c5ccccc5)cc4)CC3)nc(NC(=O)CCO)nc2s1. The van der Waals surface area contributed by atoms with Gasteiger partial charge in [-0.3, -0.25) is 14.9 Å². The molecule has 0 unspecified atom stereocenters. The maximum atomic E-state index is 13.2. The molecule has 3 heterocycles. The van der Waals surface area contributed by atoms with Crippen molar-refractivity contribution in [3.05, 3.63) is 71.1 Å². The third-order valence-corrected chi connectivity index (χ3v) is 7.64. The van der Waals surface area contributed by atoms with E-state index in [1.165, 1.54) is 4.88 Å². The Balaban J connectivity index is 1.31. The Hall–Kier alpha value is -3.82. The summed E-state index contributed by atoms with van der Waals surface area (Å²) in [7, 11) is 0. The van der Waals surface area contributed by atoms with Gasteiger partial charge in [-0.1, -0.05) is 49.4 Å². The number of hydrogen-bond acceptors (Lipinski definition) is 7. The van der Waals surface area contributed by atoms with Gasteiger partial charge in [-0.2, -0.15) is 4.98 Å². The number of carbonyl (C=O) groups excluding carboxylic acids is 2. The van der Waals surface area contributed by atoms with E-state index in [4.69, 9.17) is 5.11 Å². The molecule has 0 spiro atoms. The number of rotatable bonds is 7. The zero-order chi connectivity index (χ0) is 25.8. The van der Waals surface area contributed by atoms with Crippen LogP contribution in [0.5, 0.6) is 0 Å². The fourth-order valence-corrected chi connectivity index (χ4v) is 5.42. The van der Waals surface area contributed by atoms with E-state index in [0.29, 0.717) is 31.7 Å². The standard InChI is InChI=1S/C28H29N5O3S/c1-2-22-18-23-25(30-28(31-26(23)37-22)29-24(35)12-17-34)32-13-15-33(16-14-32)27(36)21-10-8-20(9-11-21)19-6-4-3-5-7-19/h3-11,18,34H,2,12-17H2,1H3,(H,29,30,31,35). The molecule has 9 heteroatoms. The molecular formula is C28H29N5O3S. The third-order valence-electron chi connectivity index (χ3n) is 6.47. The molecule has 1 fully saturated rings. The van der Waals surface area contributed by atoms with E-state index in [-0.39, 0.29) is 30.8 Å². The maximum Gasteiger partial charge on any atom is 0.253 e. The van der Waals surface area contributed by atoms with E-state index in [1.807, 2.05) is 47.4 Å². The van der Waals surface area contributed by atoms with Crippen LogP contribution in [0.2, 0.25) is 0 Å². The minimum atomic E-state index is -0.325. The van der Waals surface area contributed by atoms with Gasteiger partial charge in [0.15, 0.2) is 0 Å². The molecule has 190 valence electrons. The lowest BCUT2D eigenvalue weighted by molar-refractivity contribution is -0.116. The van der Waals surface area contributed by atoms with Crippen LogP contribution in [0.25, 0.3) is 21.3 Å². The molecule has 2 amide bonds. The molecule has 2 N–H and O–H groups in total. The number of aliphatic hydroxyl groups is 1. The number of nitrogens with one attached hydrogen (secondary N) is 1. The number of carbonyl (C=O) groups is 2. The quantitative estimate of drug-likeness (QED) is 0.383. The summed E-state index contributed by atoms with van der Waals surface area (Å²) in [5, 5.41) is 12.7. The van der Waals surface area contributed by atoms with Crippen LogP contribution < -0.4 is 10.2 Å². The van der Waals surface area contributed by atoms with Crippen molar-refractivity contribution >= 4 is 45.1 Å². The minimum Gasteiger partial charge on any atom is -0.396 e. The van der Waals surface area contributed by atoms with Crippen molar-refractivity contribution in [2.75, 3.05) is 43.0 Å². The average Bonchev–Trinajstić information content (AvgIpc) is 3.36. The third kappa shape index (κ3) is 5.47. The number of aromatic nitrogens is 2. The Labute approximate surface area is 219 Å². The number of amides is 2. The van der Waals surface area contributed by atoms with E-state index >= 15 is 0 Å². The van der Waals surface area contributed by atoms with Gasteiger partial charge in [-0.25, -0.2) is 4.98 Å². The second-order valence-electron chi connectivity index (χ2n) is 8.90. The van der Waals surface area contributed by atoms with Gasteiger partial charge in [0.25, 0.3) is 5.91 Å². The molecule has 0 aliphatic carbocycles. The second-order valence-corrected chi connectivity index (χ2v) is 10.0. The number of anilines is 2. The van der Waals surface area contributed by atoms with Crippen molar-refractivity contribution in [2.45, 2.75) is 19.8 Å². The Morgan fingerprint density at radius 2 is 1.68 bits per heavy atom. The van der Waals surface area contributed by atoms with Crippen LogP contribution in [-0.4, -0.2) is 64.6 Å². The monoisotopic (exact) mass is 515 g/mol. The molecule has 1 aliphatic rings. The highest BCUT2D eigenvalue weighted by Gasteiger charge is 2.25. The normalized spacial score (nSPS) is 13.7. The number of piperazine rings is 1. The van der Waals surface area contributed by atoms with Gasteiger partial charge in [-0.15, -0.1) is 11.3 Å². The zero-order valence-electron chi connectivity index (χ0n) is 20.7. The molecule has 0 radical (unpaired) electrons. The van der Waals surface area contributed by atoms with Crippen LogP contribution in [0.15, 0.2) is 60.7 Å². The van der Waals surface area contributed by atoms with E-state index in [1.54, 1.807) is 11.3 Å². The van der Waals surface area contributed by atoms with Crippen LogP contribution in [-0.2, 0) is 11.2 Å². The number of fused-ring (bicyclic) bond motifs is 1. The summed E-state index contributed by atoms with van der Waals surface area (Å²) in [6, 6.07) is 20.0. The summed E-state index contributed by atoms with van der Waals surface area (Å²) in [5.41, 5.74) is 2.88. The molecule has 4 aromatic rings. The topological polar surface area (TPSA) is 98.7 Å². The first-order valence-corrected chi connectivity index (χ1v) is 13.3. The van der Waals surface area contributed by atoms with Crippen LogP contribution in [0.4, 0.5) is 11.8 Å².